The van der Waals surface area contributed by atoms with Crippen molar-refractivity contribution in [1.29, 1.82) is 0 Å². The normalized spacial score (nSPS) is 20.6. The van der Waals surface area contributed by atoms with E-state index in [1.165, 1.54) is 5.56 Å². The van der Waals surface area contributed by atoms with Gasteiger partial charge in [0.05, 0.1) is 7.11 Å². The van der Waals surface area contributed by atoms with Gasteiger partial charge in [0, 0.05) is 19.0 Å². The van der Waals surface area contributed by atoms with Crippen LogP contribution in [0, 0.1) is 5.92 Å². The second kappa shape index (κ2) is 6.78. The molecule has 0 aliphatic heterocycles. The Kier molecular flexibility index (Phi) is 5.05. The Morgan fingerprint density at radius 3 is 2.55 bits per heavy atom. The Bertz CT molecular complexity index is 441. The van der Waals surface area contributed by atoms with Crippen molar-refractivity contribution < 1.29 is 9.53 Å². The van der Waals surface area contributed by atoms with Crippen LogP contribution in [0.15, 0.2) is 24.3 Å². The lowest BCUT2D eigenvalue weighted by Gasteiger charge is -2.20. The molecule has 110 valence electrons. The standard InChI is InChI=1S/C17H25NO2/c1-4-6-11-18(5-2)17(19)16-12-15(16)13-7-9-14(20-3)10-8-13/h7-10,15-16H,4-6,11-12H2,1-3H3. The molecule has 2 unspecified atom stereocenters. The molecule has 0 N–H and O–H groups in total. The number of carbonyl (C=O) groups is 1. The molecule has 0 heterocycles. The maximum atomic E-state index is 12.5. The molecule has 0 saturated heterocycles. The summed E-state index contributed by atoms with van der Waals surface area (Å²) in [6, 6.07) is 8.12. The molecule has 0 aromatic heterocycles. The average molecular weight is 275 g/mol. The van der Waals surface area contributed by atoms with Crippen molar-refractivity contribution in [3.63, 3.8) is 0 Å². The quantitative estimate of drug-likeness (QED) is 0.763. The molecule has 2 rings (SSSR count). The summed E-state index contributed by atoms with van der Waals surface area (Å²) in [6.07, 6.45) is 3.23. The second-order valence-corrected chi connectivity index (χ2v) is 5.49. The van der Waals surface area contributed by atoms with Crippen LogP contribution in [-0.2, 0) is 4.79 Å². The smallest absolute Gasteiger partial charge is 0.226 e. The maximum absolute atomic E-state index is 12.5. The van der Waals surface area contributed by atoms with Gasteiger partial charge in [-0.15, -0.1) is 0 Å². The lowest BCUT2D eigenvalue weighted by Crippen LogP contribution is -2.33. The fraction of sp³-hybridized carbons (Fsp3) is 0.588. The number of benzene rings is 1. The fourth-order valence-electron chi connectivity index (χ4n) is 2.70. The first-order chi connectivity index (χ1) is 9.71. The van der Waals surface area contributed by atoms with Crippen LogP contribution in [-0.4, -0.2) is 31.0 Å². The van der Waals surface area contributed by atoms with Gasteiger partial charge in [0.2, 0.25) is 5.91 Å². The van der Waals surface area contributed by atoms with Gasteiger partial charge in [-0.05, 0) is 43.4 Å². The molecule has 3 nitrogen and oxygen atoms in total. The molecule has 1 aliphatic rings. The number of nitrogens with zero attached hydrogens (tertiary/aromatic N) is 1. The molecule has 1 aliphatic carbocycles. The number of hydrogen-bond acceptors (Lipinski definition) is 2. The molecule has 3 heteroatoms. The van der Waals surface area contributed by atoms with Crippen LogP contribution in [0.25, 0.3) is 0 Å². The van der Waals surface area contributed by atoms with E-state index in [9.17, 15) is 4.79 Å². The minimum Gasteiger partial charge on any atom is -0.497 e. The van der Waals surface area contributed by atoms with Gasteiger partial charge in [-0.3, -0.25) is 4.79 Å². The summed E-state index contributed by atoms with van der Waals surface area (Å²) in [4.78, 5) is 14.5. The Morgan fingerprint density at radius 2 is 2.00 bits per heavy atom. The lowest BCUT2D eigenvalue weighted by molar-refractivity contribution is -0.132. The number of hydrogen-bond donors (Lipinski definition) is 0. The predicted octanol–water partition coefficient (Wildman–Crippen LogP) is 3.45. The van der Waals surface area contributed by atoms with Gasteiger partial charge in [0.25, 0.3) is 0 Å². The van der Waals surface area contributed by atoms with Crippen molar-refractivity contribution in [2.75, 3.05) is 20.2 Å². The zero-order valence-electron chi connectivity index (χ0n) is 12.8. The van der Waals surface area contributed by atoms with Crippen LogP contribution in [0.5, 0.6) is 5.75 Å². The van der Waals surface area contributed by atoms with E-state index in [0.717, 1.165) is 38.1 Å². The Labute approximate surface area is 121 Å². The second-order valence-electron chi connectivity index (χ2n) is 5.49. The summed E-state index contributed by atoms with van der Waals surface area (Å²) in [5, 5.41) is 0. The van der Waals surface area contributed by atoms with Crippen LogP contribution in [0.4, 0.5) is 0 Å². The third kappa shape index (κ3) is 3.33. The summed E-state index contributed by atoms with van der Waals surface area (Å²) in [5.74, 6) is 1.81. The number of carbonyl (C=O) groups excluding carboxylic acids is 1. The summed E-state index contributed by atoms with van der Waals surface area (Å²) in [7, 11) is 1.67. The van der Waals surface area contributed by atoms with E-state index in [-0.39, 0.29) is 5.92 Å². The summed E-state index contributed by atoms with van der Waals surface area (Å²) in [5.41, 5.74) is 1.26. The number of rotatable bonds is 7. The molecule has 2 atom stereocenters. The molecule has 1 fully saturated rings. The van der Waals surface area contributed by atoms with Gasteiger partial charge in [-0.2, -0.15) is 0 Å². The van der Waals surface area contributed by atoms with E-state index >= 15 is 0 Å². The van der Waals surface area contributed by atoms with Crippen molar-refractivity contribution >= 4 is 5.91 Å². The molecule has 20 heavy (non-hydrogen) atoms. The zero-order chi connectivity index (χ0) is 14.5. The molecule has 0 spiro atoms. The third-order valence-electron chi connectivity index (χ3n) is 4.13. The molecule has 1 saturated carbocycles. The molecular weight excluding hydrogens is 250 g/mol. The van der Waals surface area contributed by atoms with Gasteiger partial charge < -0.3 is 9.64 Å². The van der Waals surface area contributed by atoms with Crippen molar-refractivity contribution in [2.24, 2.45) is 5.92 Å². The van der Waals surface area contributed by atoms with E-state index < -0.39 is 0 Å². The lowest BCUT2D eigenvalue weighted by atomic mass is 10.1. The SMILES string of the molecule is CCCCN(CC)C(=O)C1CC1c1ccc(OC)cc1. The molecule has 0 radical (unpaired) electrons. The highest BCUT2D eigenvalue weighted by molar-refractivity contribution is 5.83. The van der Waals surface area contributed by atoms with Gasteiger partial charge >= 0.3 is 0 Å². The summed E-state index contributed by atoms with van der Waals surface area (Å²) < 4.78 is 5.17. The van der Waals surface area contributed by atoms with E-state index in [0.29, 0.717) is 11.8 Å². The van der Waals surface area contributed by atoms with Crippen LogP contribution in [0.3, 0.4) is 0 Å². The zero-order valence-corrected chi connectivity index (χ0v) is 12.8. The monoisotopic (exact) mass is 275 g/mol. The van der Waals surface area contributed by atoms with Gasteiger partial charge in [-0.1, -0.05) is 25.5 Å². The van der Waals surface area contributed by atoms with Gasteiger partial charge in [0.1, 0.15) is 5.75 Å². The molecule has 1 amide bonds. The van der Waals surface area contributed by atoms with Gasteiger partial charge in [0.15, 0.2) is 0 Å². The van der Waals surface area contributed by atoms with Crippen LogP contribution >= 0.6 is 0 Å². The largest absolute Gasteiger partial charge is 0.497 e. The summed E-state index contributed by atoms with van der Waals surface area (Å²) in [6.45, 7) is 5.95. The van der Waals surface area contributed by atoms with Crippen molar-refractivity contribution in [3.8, 4) is 5.75 Å². The van der Waals surface area contributed by atoms with Crippen LogP contribution in [0.1, 0.15) is 44.6 Å². The molecule has 1 aromatic carbocycles. The van der Waals surface area contributed by atoms with Crippen molar-refractivity contribution in [3.05, 3.63) is 29.8 Å². The highest BCUT2D eigenvalue weighted by atomic mass is 16.5. The Balaban J connectivity index is 1.93. The van der Waals surface area contributed by atoms with E-state index in [4.69, 9.17) is 4.74 Å². The maximum Gasteiger partial charge on any atom is 0.226 e. The first kappa shape index (κ1) is 14.9. The highest BCUT2D eigenvalue weighted by Gasteiger charge is 2.45. The minimum atomic E-state index is 0.195. The number of methoxy groups -OCH3 is 1. The third-order valence-corrected chi connectivity index (χ3v) is 4.13. The topological polar surface area (TPSA) is 29.5 Å². The van der Waals surface area contributed by atoms with E-state index in [1.54, 1.807) is 7.11 Å². The van der Waals surface area contributed by atoms with Gasteiger partial charge in [-0.25, -0.2) is 0 Å². The Morgan fingerprint density at radius 1 is 1.30 bits per heavy atom. The van der Waals surface area contributed by atoms with E-state index in [2.05, 4.69) is 26.0 Å². The first-order valence-electron chi connectivity index (χ1n) is 7.64. The summed E-state index contributed by atoms with van der Waals surface area (Å²) >= 11 is 0. The number of unbranched alkanes of at least 4 members (excludes halogenated alkanes) is 1. The van der Waals surface area contributed by atoms with Crippen LogP contribution < -0.4 is 4.74 Å². The number of ether oxygens (including phenoxy) is 1. The average Bonchev–Trinajstić information content (AvgIpc) is 3.28. The molecule has 1 aromatic rings. The predicted molar refractivity (Wildman–Crippen MR) is 81.0 cm³/mol. The van der Waals surface area contributed by atoms with E-state index in [1.807, 2.05) is 17.0 Å². The first-order valence-corrected chi connectivity index (χ1v) is 7.64. The Hall–Kier alpha value is -1.51. The van der Waals surface area contributed by atoms with Crippen molar-refractivity contribution in [1.82, 2.24) is 4.90 Å². The number of amides is 1. The molecule has 0 bridgehead atoms. The highest BCUT2D eigenvalue weighted by Crippen LogP contribution is 2.48. The fourth-order valence-corrected chi connectivity index (χ4v) is 2.70. The minimum absolute atomic E-state index is 0.195. The molecular formula is C17H25NO2. The van der Waals surface area contributed by atoms with Crippen molar-refractivity contribution in [2.45, 2.75) is 39.0 Å². The van der Waals surface area contributed by atoms with Crippen LogP contribution in [0.2, 0.25) is 0 Å².